The minimum absolute atomic E-state index is 0.0708. The van der Waals surface area contributed by atoms with E-state index in [9.17, 15) is 9.59 Å². The molecule has 1 aliphatic rings. The Hall–Kier alpha value is -1.15. The number of hydrogen-bond donors (Lipinski definition) is 1. The molecule has 1 N–H and O–H groups in total. The van der Waals surface area contributed by atoms with Gasteiger partial charge < -0.3 is 15.0 Å². The van der Waals surface area contributed by atoms with E-state index in [1.54, 1.807) is 4.90 Å². The number of likely N-dealkylation sites (tertiary alicyclic amines) is 1. The molecule has 0 aromatic carbocycles. The SMILES string of the molecule is Cc1nc(Br)sc1C(=O)NC1CCN(C(=O)OC(C)(C)C)CC1. The monoisotopic (exact) mass is 403 g/mol. The maximum Gasteiger partial charge on any atom is 0.410 e. The molecule has 0 atom stereocenters. The smallest absolute Gasteiger partial charge is 0.410 e. The van der Waals surface area contributed by atoms with E-state index < -0.39 is 5.60 Å². The average molecular weight is 404 g/mol. The maximum atomic E-state index is 12.3. The highest BCUT2D eigenvalue weighted by Crippen LogP contribution is 2.23. The van der Waals surface area contributed by atoms with Crippen molar-refractivity contribution in [2.24, 2.45) is 0 Å². The number of aromatic nitrogens is 1. The van der Waals surface area contributed by atoms with Crippen molar-refractivity contribution in [2.45, 2.75) is 52.2 Å². The fourth-order valence-corrected chi connectivity index (χ4v) is 3.81. The van der Waals surface area contributed by atoms with Crippen molar-refractivity contribution in [3.63, 3.8) is 0 Å². The van der Waals surface area contributed by atoms with Crippen molar-refractivity contribution in [1.82, 2.24) is 15.2 Å². The van der Waals surface area contributed by atoms with E-state index in [2.05, 4.69) is 26.2 Å². The van der Waals surface area contributed by atoms with Crippen LogP contribution in [0.1, 0.15) is 49.0 Å². The predicted octanol–water partition coefficient (Wildman–Crippen LogP) is 3.34. The van der Waals surface area contributed by atoms with Gasteiger partial charge in [-0.05, 0) is 56.5 Å². The van der Waals surface area contributed by atoms with Crippen LogP contribution < -0.4 is 5.32 Å². The summed E-state index contributed by atoms with van der Waals surface area (Å²) in [5.74, 6) is -0.0959. The summed E-state index contributed by atoms with van der Waals surface area (Å²) in [5.41, 5.74) is 0.241. The minimum Gasteiger partial charge on any atom is -0.444 e. The highest BCUT2D eigenvalue weighted by Gasteiger charge is 2.28. The van der Waals surface area contributed by atoms with Crippen LogP contribution in [0.2, 0.25) is 0 Å². The minimum atomic E-state index is -0.487. The molecule has 8 heteroatoms. The second-order valence-corrected chi connectivity index (χ2v) is 8.87. The van der Waals surface area contributed by atoms with E-state index in [4.69, 9.17) is 4.74 Å². The molecule has 0 saturated carbocycles. The molecule has 6 nitrogen and oxygen atoms in total. The van der Waals surface area contributed by atoms with Gasteiger partial charge in [0.1, 0.15) is 10.5 Å². The van der Waals surface area contributed by atoms with Crippen LogP contribution >= 0.6 is 27.3 Å². The molecule has 1 fully saturated rings. The number of carbonyl (C=O) groups excluding carboxylic acids is 2. The number of halogens is 1. The lowest BCUT2D eigenvalue weighted by atomic mass is 10.1. The van der Waals surface area contributed by atoms with Gasteiger partial charge in [-0.2, -0.15) is 0 Å². The number of hydrogen-bond acceptors (Lipinski definition) is 5. The van der Waals surface area contributed by atoms with Crippen molar-refractivity contribution in [2.75, 3.05) is 13.1 Å². The van der Waals surface area contributed by atoms with Gasteiger partial charge in [0, 0.05) is 19.1 Å². The van der Waals surface area contributed by atoms with Crippen LogP contribution in [0.4, 0.5) is 4.79 Å². The number of piperidine rings is 1. The van der Waals surface area contributed by atoms with E-state index >= 15 is 0 Å². The lowest BCUT2D eigenvalue weighted by Crippen LogP contribution is -2.47. The Kier molecular flexibility index (Phi) is 5.67. The van der Waals surface area contributed by atoms with E-state index in [1.807, 2.05) is 27.7 Å². The molecule has 0 aliphatic carbocycles. The molecular weight excluding hydrogens is 382 g/mol. The van der Waals surface area contributed by atoms with Gasteiger partial charge in [-0.25, -0.2) is 9.78 Å². The van der Waals surface area contributed by atoms with Crippen LogP contribution in [0, 0.1) is 6.92 Å². The predicted molar refractivity (Wildman–Crippen MR) is 92.8 cm³/mol. The molecule has 1 aliphatic heterocycles. The zero-order chi connectivity index (χ0) is 17.2. The fraction of sp³-hybridized carbons (Fsp3) is 0.667. The second kappa shape index (κ2) is 7.17. The number of nitrogens with zero attached hydrogens (tertiary/aromatic N) is 2. The van der Waals surface area contributed by atoms with Crippen LogP contribution in [-0.2, 0) is 4.74 Å². The molecule has 2 rings (SSSR count). The lowest BCUT2D eigenvalue weighted by molar-refractivity contribution is 0.0200. The number of rotatable bonds is 2. The van der Waals surface area contributed by atoms with Gasteiger partial charge in [0.05, 0.1) is 5.69 Å². The highest BCUT2D eigenvalue weighted by atomic mass is 79.9. The van der Waals surface area contributed by atoms with Crippen LogP contribution in [0.25, 0.3) is 0 Å². The Bertz CT molecular complexity index is 589. The highest BCUT2D eigenvalue weighted by molar-refractivity contribution is 9.11. The molecule has 0 spiro atoms. The van der Waals surface area contributed by atoms with Gasteiger partial charge in [-0.3, -0.25) is 4.79 Å². The third-order valence-electron chi connectivity index (χ3n) is 3.46. The zero-order valence-corrected chi connectivity index (χ0v) is 16.2. The third-order valence-corrected chi connectivity index (χ3v) is 5.07. The van der Waals surface area contributed by atoms with Crippen molar-refractivity contribution in [3.05, 3.63) is 14.5 Å². The number of carbonyl (C=O) groups is 2. The Morgan fingerprint density at radius 1 is 1.35 bits per heavy atom. The van der Waals surface area contributed by atoms with Crippen LogP contribution in [0.5, 0.6) is 0 Å². The summed E-state index contributed by atoms with van der Waals surface area (Å²) in [6.07, 6.45) is 1.16. The summed E-state index contributed by atoms with van der Waals surface area (Å²) in [6, 6.07) is 0.0708. The van der Waals surface area contributed by atoms with Crippen molar-refractivity contribution >= 4 is 39.3 Å². The molecular formula is C15H22BrN3O3S. The first kappa shape index (κ1) is 18.2. The number of thiazole rings is 1. The van der Waals surface area contributed by atoms with Gasteiger partial charge >= 0.3 is 6.09 Å². The van der Waals surface area contributed by atoms with Crippen LogP contribution in [0.15, 0.2) is 3.92 Å². The molecule has 2 heterocycles. The summed E-state index contributed by atoms with van der Waals surface area (Å²) in [5, 5.41) is 3.03. The lowest BCUT2D eigenvalue weighted by Gasteiger charge is -2.33. The van der Waals surface area contributed by atoms with Crippen LogP contribution in [-0.4, -0.2) is 46.6 Å². The fourth-order valence-electron chi connectivity index (χ4n) is 2.36. The van der Waals surface area contributed by atoms with Gasteiger partial charge in [0.25, 0.3) is 5.91 Å². The van der Waals surface area contributed by atoms with Gasteiger partial charge in [0.2, 0.25) is 0 Å². The first-order valence-corrected chi connectivity index (χ1v) is 9.18. The molecule has 128 valence electrons. The molecule has 2 amide bonds. The molecule has 1 saturated heterocycles. The summed E-state index contributed by atoms with van der Waals surface area (Å²) < 4.78 is 6.08. The number of amides is 2. The van der Waals surface area contributed by atoms with Gasteiger partial charge in [0.15, 0.2) is 3.92 Å². The number of aryl methyl sites for hydroxylation is 1. The van der Waals surface area contributed by atoms with Crippen molar-refractivity contribution in [3.8, 4) is 0 Å². The zero-order valence-electron chi connectivity index (χ0n) is 13.8. The first-order chi connectivity index (χ1) is 10.7. The normalized spacial score (nSPS) is 16.3. The van der Waals surface area contributed by atoms with Gasteiger partial charge in [-0.15, -0.1) is 11.3 Å². The van der Waals surface area contributed by atoms with Gasteiger partial charge in [-0.1, -0.05) is 0 Å². The molecule has 23 heavy (non-hydrogen) atoms. The molecule has 0 unspecified atom stereocenters. The Balaban J connectivity index is 1.84. The van der Waals surface area contributed by atoms with Crippen LogP contribution in [0.3, 0.4) is 0 Å². The average Bonchev–Trinajstić information content (AvgIpc) is 2.76. The Labute approximate surface area is 148 Å². The molecule has 1 aromatic rings. The van der Waals surface area contributed by atoms with Crippen molar-refractivity contribution in [1.29, 1.82) is 0 Å². The molecule has 0 radical (unpaired) electrons. The van der Waals surface area contributed by atoms with E-state index in [0.717, 1.165) is 18.5 Å². The summed E-state index contributed by atoms with van der Waals surface area (Å²) >= 11 is 4.63. The number of nitrogens with one attached hydrogen (secondary N) is 1. The maximum absolute atomic E-state index is 12.3. The van der Waals surface area contributed by atoms with Crippen molar-refractivity contribution < 1.29 is 14.3 Å². The standard InChI is InChI=1S/C15H22BrN3O3S/c1-9-11(23-13(16)17-9)12(20)18-10-5-7-19(8-6-10)14(21)22-15(2,3)4/h10H,5-8H2,1-4H3,(H,18,20). The topological polar surface area (TPSA) is 71.5 Å². The third kappa shape index (κ3) is 5.17. The Morgan fingerprint density at radius 2 is 1.96 bits per heavy atom. The molecule has 1 aromatic heterocycles. The number of ether oxygens (including phenoxy) is 1. The largest absolute Gasteiger partial charge is 0.444 e. The summed E-state index contributed by atoms with van der Waals surface area (Å²) in [4.78, 5) is 30.8. The van der Waals surface area contributed by atoms with E-state index in [0.29, 0.717) is 21.9 Å². The molecule has 0 bridgehead atoms. The first-order valence-electron chi connectivity index (χ1n) is 7.57. The van der Waals surface area contributed by atoms with E-state index in [1.165, 1.54) is 11.3 Å². The quantitative estimate of drug-likeness (QED) is 0.821. The second-order valence-electron chi connectivity index (χ2n) is 6.60. The summed E-state index contributed by atoms with van der Waals surface area (Å²) in [6.45, 7) is 8.56. The van der Waals surface area contributed by atoms with E-state index in [-0.39, 0.29) is 18.0 Å². The summed E-state index contributed by atoms with van der Waals surface area (Å²) in [7, 11) is 0. The Morgan fingerprint density at radius 3 is 2.43 bits per heavy atom.